The second-order valence-corrected chi connectivity index (χ2v) is 2.88. The second kappa shape index (κ2) is 2.86. The van der Waals surface area contributed by atoms with Gasteiger partial charge in [-0.05, 0) is 24.3 Å². The molecule has 1 heterocycles. The highest BCUT2D eigenvalue weighted by Gasteiger charge is 2.03. The molecule has 0 saturated heterocycles. The van der Waals surface area contributed by atoms with Gasteiger partial charge in [-0.1, -0.05) is 0 Å². The maximum Gasteiger partial charge on any atom is 0.123 e. The zero-order chi connectivity index (χ0) is 9.26. The quantitative estimate of drug-likeness (QED) is 0.457. The van der Waals surface area contributed by atoms with Crippen molar-refractivity contribution in [2.75, 3.05) is 5.73 Å². The molecule has 1 aromatic heterocycles. The number of aromatic hydroxyl groups is 1. The van der Waals surface area contributed by atoms with Gasteiger partial charge in [0.2, 0.25) is 0 Å². The van der Waals surface area contributed by atoms with Crippen molar-refractivity contribution in [2.45, 2.75) is 0 Å². The van der Waals surface area contributed by atoms with Crippen LogP contribution in [0, 0.1) is 0 Å². The Bertz CT molecular complexity index is 407. The van der Waals surface area contributed by atoms with Crippen molar-refractivity contribution in [2.24, 2.45) is 0 Å². The minimum atomic E-state index is 0.244. The number of hydrogen-bond donors (Lipinski definition) is 3. The standard InChI is InChI=1S/C10H10N2O/c11-8-1-2-10(13)9(5-8)7-3-4-12-6-7/h1-6,12-13H,11H2. The van der Waals surface area contributed by atoms with Gasteiger partial charge >= 0.3 is 0 Å². The average Bonchev–Trinajstić information content (AvgIpc) is 2.61. The summed E-state index contributed by atoms with van der Waals surface area (Å²) in [5.41, 5.74) is 7.95. The molecule has 0 aliphatic heterocycles. The van der Waals surface area contributed by atoms with Crippen LogP contribution >= 0.6 is 0 Å². The van der Waals surface area contributed by atoms with E-state index < -0.39 is 0 Å². The maximum absolute atomic E-state index is 9.54. The number of nitrogens with one attached hydrogen (secondary N) is 1. The van der Waals surface area contributed by atoms with Crippen molar-refractivity contribution < 1.29 is 5.11 Å². The monoisotopic (exact) mass is 174 g/mol. The number of aromatic nitrogens is 1. The third kappa shape index (κ3) is 1.36. The third-order valence-corrected chi connectivity index (χ3v) is 1.93. The van der Waals surface area contributed by atoms with Crippen molar-refractivity contribution >= 4 is 5.69 Å². The van der Waals surface area contributed by atoms with E-state index in [0.29, 0.717) is 5.69 Å². The van der Waals surface area contributed by atoms with Gasteiger partial charge in [-0.25, -0.2) is 0 Å². The van der Waals surface area contributed by atoms with E-state index in [-0.39, 0.29) is 5.75 Å². The van der Waals surface area contributed by atoms with E-state index in [9.17, 15) is 5.11 Å². The SMILES string of the molecule is Nc1ccc(O)c(-c2cc[nH]c2)c1. The summed E-state index contributed by atoms with van der Waals surface area (Å²) in [5.74, 6) is 0.244. The van der Waals surface area contributed by atoms with Gasteiger partial charge in [-0.3, -0.25) is 0 Å². The zero-order valence-electron chi connectivity index (χ0n) is 6.99. The lowest BCUT2D eigenvalue weighted by molar-refractivity contribution is 0.477. The second-order valence-electron chi connectivity index (χ2n) is 2.88. The lowest BCUT2D eigenvalue weighted by Gasteiger charge is -2.02. The molecule has 1 aromatic carbocycles. The van der Waals surface area contributed by atoms with Gasteiger partial charge in [0.05, 0.1) is 0 Å². The van der Waals surface area contributed by atoms with Crippen molar-refractivity contribution in [1.29, 1.82) is 0 Å². The molecule has 4 N–H and O–H groups in total. The van der Waals surface area contributed by atoms with Crippen LogP contribution in [0.5, 0.6) is 5.75 Å². The molecule has 2 aromatic rings. The molecule has 0 aliphatic carbocycles. The van der Waals surface area contributed by atoms with Gasteiger partial charge in [-0.15, -0.1) is 0 Å². The van der Waals surface area contributed by atoms with Gasteiger partial charge in [0, 0.05) is 29.2 Å². The Morgan fingerprint density at radius 2 is 2.08 bits per heavy atom. The number of phenolic OH excluding ortho intramolecular Hbond substituents is 1. The van der Waals surface area contributed by atoms with E-state index in [1.165, 1.54) is 0 Å². The Morgan fingerprint density at radius 1 is 1.23 bits per heavy atom. The summed E-state index contributed by atoms with van der Waals surface area (Å²) in [6.45, 7) is 0. The molecule has 2 rings (SSSR count). The number of anilines is 1. The first-order valence-corrected chi connectivity index (χ1v) is 3.99. The highest BCUT2D eigenvalue weighted by molar-refractivity contribution is 5.72. The molecule has 0 amide bonds. The summed E-state index contributed by atoms with van der Waals surface area (Å²) in [4.78, 5) is 2.92. The Balaban J connectivity index is 2.57. The fraction of sp³-hybridized carbons (Fsp3) is 0. The number of nitrogen functional groups attached to an aromatic ring is 1. The van der Waals surface area contributed by atoms with Crippen LogP contribution in [0.25, 0.3) is 11.1 Å². The van der Waals surface area contributed by atoms with E-state index in [1.807, 2.05) is 12.3 Å². The molecular formula is C10H10N2O. The van der Waals surface area contributed by atoms with Gasteiger partial charge in [0.1, 0.15) is 5.75 Å². The first kappa shape index (κ1) is 7.73. The largest absolute Gasteiger partial charge is 0.507 e. The van der Waals surface area contributed by atoms with Crippen LogP contribution < -0.4 is 5.73 Å². The highest BCUT2D eigenvalue weighted by Crippen LogP contribution is 2.30. The van der Waals surface area contributed by atoms with Crippen molar-refractivity contribution in [3.8, 4) is 16.9 Å². The van der Waals surface area contributed by atoms with Crippen molar-refractivity contribution in [3.05, 3.63) is 36.7 Å². The number of phenols is 1. The molecule has 0 saturated carbocycles. The minimum Gasteiger partial charge on any atom is -0.507 e. The Labute approximate surface area is 75.8 Å². The Kier molecular flexibility index (Phi) is 1.70. The Hall–Kier alpha value is -1.90. The van der Waals surface area contributed by atoms with Crippen LogP contribution in [-0.4, -0.2) is 10.1 Å². The number of hydrogen-bond acceptors (Lipinski definition) is 2. The molecular weight excluding hydrogens is 164 g/mol. The van der Waals surface area contributed by atoms with Gasteiger partial charge in [-0.2, -0.15) is 0 Å². The number of nitrogens with two attached hydrogens (primary N) is 1. The lowest BCUT2D eigenvalue weighted by Crippen LogP contribution is -1.85. The van der Waals surface area contributed by atoms with E-state index in [4.69, 9.17) is 5.73 Å². The number of aromatic amines is 1. The molecule has 0 radical (unpaired) electrons. The van der Waals surface area contributed by atoms with Gasteiger partial charge < -0.3 is 15.8 Å². The summed E-state index contributed by atoms with van der Waals surface area (Å²) in [6.07, 6.45) is 3.62. The lowest BCUT2D eigenvalue weighted by atomic mass is 10.1. The predicted molar refractivity (Wildman–Crippen MR) is 52.3 cm³/mol. The van der Waals surface area contributed by atoms with Crippen LogP contribution in [-0.2, 0) is 0 Å². The minimum absolute atomic E-state index is 0.244. The summed E-state index contributed by atoms with van der Waals surface area (Å²) >= 11 is 0. The first-order chi connectivity index (χ1) is 6.27. The van der Waals surface area contributed by atoms with Crippen molar-refractivity contribution in [3.63, 3.8) is 0 Å². The first-order valence-electron chi connectivity index (χ1n) is 3.99. The normalized spacial score (nSPS) is 10.2. The molecule has 0 fully saturated rings. The van der Waals surface area contributed by atoms with E-state index >= 15 is 0 Å². The summed E-state index contributed by atoms with van der Waals surface area (Å²) < 4.78 is 0. The number of benzene rings is 1. The summed E-state index contributed by atoms with van der Waals surface area (Å²) in [5, 5.41) is 9.54. The molecule has 0 atom stereocenters. The van der Waals surface area contributed by atoms with Crippen LogP contribution in [0.4, 0.5) is 5.69 Å². The van der Waals surface area contributed by atoms with Gasteiger partial charge in [0.25, 0.3) is 0 Å². The molecule has 0 bridgehead atoms. The molecule has 66 valence electrons. The fourth-order valence-electron chi connectivity index (χ4n) is 1.28. The number of rotatable bonds is 1. The van der Waals surface area contributed by atoms with Gasteiger partial charge in [0.15, 0.2) is 0 Å². The van der Waals surface area contributed by atoms with Crippen LogP contribution in [0.2, 0.25) is 0 Å². The van der Waals surface area contributed by atoms with Crippen LogP contribution in [0.1, 0.15) is 0 Å². The smallest absolute Gasteiger partial charge is 0.123 e. The highest BCUT2D eigenvalue weighted by atomic mass is 16.3. The molecule has 13 heavy (non-hydrogen) atoms. The molecule has 3 nitrogen and oxygen atoms in total. The summed E-state index contributed by atoms with van der Waals surface area (Å²) in [6, 6.07) is 6.90. The fourth-order valence-corrected chi connectivity index (χ4v) is 1.28. The van der Waals surface area contributed by atoms with E-state index in [1.54, 1.807) is 24.4 Å². The molecule has 0 spiro atoms. The Morgan fingerprint density at radius 3 is 2.77 bits per heavy atom. The predicted octanol–water partition coefficient (Wildman–Crippen LogP) is 1.97. The third-order valence-electron chi connectivity index (χ3n) is 1.93. The van der Waals surface area contributed by atoms with E-state index in [2.05, 4.69) is 4.98 Å². The van der Waals surface area contributed by atoms with E-state index in [0.717, 1.165) is 11.1 Å². The maximum atomic E-state index is 9.54. The summed E-state index contributed by atoms with van der Waals surface area (Å²) in [7, 11) is 0. The van der Waals surface area contributed by atoms with Crippen LogP contribution in [0.15, 0.2) is 36.7 Å². The average molecular weight is 174 g/mol. The molecule has 0 unspecified atom stereocenters. The molecule has 3 heteroatoms. The zero-order valence-corrected chi connectivity index (χ0v) is 6.99. The number of H-pyrrole nitrogens is 1. The van der Waals surface area contributed by atoms with Crippen molar-refractivity contribution in [1.82, 2.24) is 4.98 Å². The topological polar surface area (TPSA) is 62.0 Å². The van der Waals surface area contributed by atoms with Crippen LogP contribution in [0.3, 0.4) is 0 Å². The molecule has 0 aliphatic rings.